The predicted octanol–water partition coefficient (Wildman–Crippen LogP) is 3.24. The largest absolute Gasteiger partial charge is 0.483 e. The number of aryl methyl sites for hydroxylation is 1. The first-order chi connectivity index (χ1) is 13.4. The summed E-state index contributed by atoms with van der Waals surface area (Å²) < 4.78 is 18.9. The number of ether oxygens (including phenoxy) is 1. The molecule has 0 atom stereocenters. The zero-order valence-electron chi connectivity index (χ0n) is 16.2. The molecule has 1 saturated heterocycles. The number of nitrogens with one attached hydrogen (secondary N) is 1. The van der Waals surface area contributed by atoms with Crippen LogP contribution in [0.4, 0.5) is 4.39 Å². The first-order valence-corrected chi connectivity index (χ1v) is 9.47. The standard InChI is InChI=1S/C22H25FN2O3/c1-15-5-3-8-20(16(15)2)28-14-21(26)25-11-9-19(10-12-25)24-22(27)17-6-4-7-18(23)13-17/h3-8,13,19H,9-12,14H2,1-2H3,(H,24,27). The molecule has 1 aliphatic rings. The molecule has 0 bridgehead atoms. The molecule has 0 aliphatic carbocycles. The highest BCUT2D eigenvalue weighted by atomic mass is 19.1. The monoisotopic (exact) mass is 384 g/mol. The van der Waals surface area contributed by atoms with E-state index < -0.39 is 5.82 Å². The Kier molecular flexibility index (Phi) is 6.29. The van der Waals surface area contributed by atoms with E-state index >= 15 is 0 Å². The molecular weight excluding hydrogens is 359 g/mol. The summed E-state index contributed by atoms with van der Waals surface area (Å²) in [6.07, 6.45) is 1.33. The lowest BCUT2D eigenvalue weighted by Crippen LogP contribution is -2.47. The second-order valence-corrected chi connectivity index (χ2v) is 7.13. The normalized spacial score (nSPS) is 14.6. The van der Waals surface area contributed by atoms with Crippen molar-refractivity contribution >= 4 is 11.8 Å². The van der Waals surface area contributed by atoms with E-state index in [0.29, 0.717) is 31.5 Å². The Balaban J connectivity index is 1.46. The van der Waals surface area contributed by atoms with Gasteiger partial charge >= 0.3 is 0 Å². The van der Waals surface area contributed by atoms with Crippen molar-refractivity contribution in [3.63, 3.8) is 0 Å². The summed E-state index contributed by atoms with van der Waals surface area (Å²) in [5, 5.41) is 2.92. The number of halogens is 1. The lowest BCUT2D eigenvalue weighted by Gasteiger charge is -2.32. The van der Waals surface area contributed by atoms with E-state index in [4.69, 9.17) is 4.74 Å². The van der Waals surface area contributed by atoms with Gasteiger partial charge in [0.1, 0.15) is 11.6 Å². The van der Waals surface area contributed by atoms with Gasteiger partial charge in [-0.05, 0) is 62.1 Å². The lowest BCUT2D eigenvalue weighted by atomic mass is 10.0. The lowest BCUT2D eigenvalue weighted by molar-refractivity contribution is -0.134. The molecule has 0 saturated carbocycles. The SMILES string of the molecule is Cc1cccc(OCC(=O)N2CCC(NC(=O)c3cccc(F)c3)CC2)c1C. The first-order valence-electron chi connectivity index (χ1n) is 9.47. The van der Waals surface area contributed by atoms with E-state index in [1.165, 1.54) is 18.2 Å². The zero-order valence-corrected chi connectivity index (χ0v) is 16.2. The molecule has 2 aromatic carbocycles. The number of benzene rings is 2. The van der Waals surface area contributed by atoms with Crippen molar-refractivity contribution in [2.75, 3.05) is 19.7 Å². The molecule has 5 nitrogen and oxygen atoms in total. The maximum Gasteiger partial charge on any atom is 0.260 e. The van der Waals surface area contributed by atoms with Gasteiger partial charge in [-0.3, -0.25) is 9.59 Å². The van der Waals surface area contributed by atoms with Crippen LogP contribution in [-0.2, 0) is 4.79 Å². The minimum absolute atomic E-state index is 0.00457. The molecule has 3 rings (SSSR count). The zero-order chi connectivity index (χ0) is 20.1. The minimum atomic E-state index is -0.433. The molecule has 2 amide bonds. The molecule has 1 heterocycles. The van der Waals surface area contributed by atoms with Crippen LogP contribution in [0.25, 0.3) is 0 Å². The highest BCUT2D eigenvalue weighted by molar-refractivity contribution is 5.94. The van der Waals surface area contributed by atoms with Gasteiger partial charge in [0.25, 0.3) is 11.8 Å². The van der Waals surface area contributed by atoms with Crippen LogP contribution in [0.1, 0.15) is 34.3 Å². The van der Waals surface area contributed by atoms with Gasteiger partial charge in [0.2, 0.25) is 0 Å². The van der Waals surface area contributed by atoms with Gasteiger partial charge in [-0.15, -0.1) is 0 Å². The van der Waals surface area contributed by atoms with E-state index in [0.717, 1.165) is 16.9 Å². The van der Waals surface area contributed by atoms with Crippen LogP contribution in [-0.4, -0.2) is 42.5 Å². The van der Waals surface area contributed by atoms with Crippen LogP contribution in [0.3, 0.4) is 0 Å². The predicted molar refractivity (Wildman–Crippen MR) is 105 cm³/mol. The number of carbonyl (C=O) groups excluding carboxylic acids is 2. The number of carbonyl (C=O) groups is 2. The quantitative estimate of drug-likeness (QED) is 0.861. The number of piperidine rings is 1. The third-order valence-electron chi connectivity index (χ3n) is 5.18. The summed E-state index contributed by atoms with van der Waals surface area (Å²) in [5.41, 5.74) is 2.47. The maximum atomic E-state index is 13.3. The van der Waals surface area contributed by atoms with Crippen molar-refractivity contribution < 1.29 is 18.7 Å². The van der Waals surface area contributed by atoms with Gasteiger partial charge in [-0.1, -0.05) is 18.2 Å². The fraction of sp³-hybridized carbons (Fsp3) is 0.364. The molecule has 0 aromatic heterocycles. The molecule has 0 spiro atoms. The van der Waals surface area contributed by atoms with Crippen LogP contribution in [0.15, 0.2) is 42.5 Å². The molecule has 0 radical (unpaired) electrons. The molecule has 6 heteroatoms. The summed E-state index contributed by atoms with van der Waals surface area (Å²) in [6.45, 7) is 5.10. The van der Waals surface area contributed by atoms with Crippen molar-refractivity contribution in [3.8, 4) is 5.75 Å². The van der Waals surface area contributed by atoms with Crippen LogP contribution in [0, 0.1) is 19.7 Å². The Morgan fingerprint density at radius 2 is 1.86 bits per heavy atom. The smallest absolute Gasteiger partial charge is 0.260 e. The van der Waals surface area contributed by atoms with Crippen LogP contribution in [0.2, 0.25) is 0 Å². The Morgan fingerprint density at radius 3 is 2.57 bits per heavy atom. The molecule has 28 heavy (non-hydrogen) atoms. The topological polar surface area (TPSA) is 58.6 Å². The first kappa shape index (κ1) is 19.9. The average molecular weight is 384 g/mol. The number of amides is 2. The number of hydrogen-bond donors (Lipinski definition) is 1. The Hall–Kier alpha value is -2.89. The van der Waals surface area contributed by atoms with E-state index in [-0.39, 0.29) is 24.5 Å². The number of nitrogens with zero attached hydrogens (tertiary/aromatic N) is 1. The average Bonchev–Trinajstić information content (AvgIpc) is 2.69. The third-order valence-corrected chi connectivity index (χ3v) is 5.18. The van der Waals surface area contributed by atoms with Gasteiger partial charge in [-0.2, -0.15) is 0 Å². The third kappa shape index (κ3) is 4.88. The van der Waals surface area contributed by atoms with Gasteiger partial charge in [0, 0.05) is 24.7 Å². The summed E-state index contributed by atoms with van der Waals surface area (Å²) in [6, 6.07) is 11.4. The molecule has 148 valence electrons. The van der Waals surface area contributed by atoms with Crippen LogP contribution in [0.5, 0.6) is 5.75 Å². The second kappa shape index (κ2) is 8.87. The van der Waals surface area contributed by atoms with Crippen molar-refractivity contribution in [2.24, 2.45) is 0 Å². The molecule has 1 aliphatic heterocycles. The Labute approximate surface area is 164 Å². The number of likely N-dealkylation sites (tertiary alicyclic amines) is 1. The van der Waals surface area contributed by atoms with Gasteiger partial charge in [-0.25, -0.2) is 4.39 Å². The van der Waals surface area contributed by atoms with Crippen molar-refractivity contribution in [3.05, 3.63) is 65.0 Å². The molecule has 1 fully saturated rings. The summed E-state index contributed by atoms with van der Waals surface area (Å²) in [4.78, 5) is 26.4. The van der Waals surface area contributed by atoms with Gasteiger partial charge in [0.05, 0.1) is 0 Å². The van der Waals surface area contributed by atoms with E-state index in [1.807, 2.05) is 32.0 Å². The summed E-state index contributed by atoms with van der Waals surface area (Å²) in [7, 11) is 0. The van der Waals surface area contributed by atoms with E-state index in [2.05, 4.69) is 5.32 Å². The van der Waals surface area contributed by atoms with Crippen LogP contribution >= 0.6 is 0 Å². The van der Waals surface area contributed by atoms with Crippen molar-refractivity contribution in [1.29, 1.82) is 0 Å². The maximum absolute atomic E-state index is 13.3. The molecule has 1 N–H and O–H groups in total. The number of rotatable bonds is 5. The molecule has 0 unspecified atom stereocenters. The van der Waals surface area contributed by atoms with Crippen LogP contribution < -0.4 is 10.1 Å². The van der Waals surface area contributed by atoms with E-state index in [9.17, 15) is 14.0 Å². The Morgan fingerprint density at radius 1 is 1.14 bits per heavy atom. The second-order valence-electron chi connectivity index (χ2n) is 7.13. The molecule has 2 aromatic rings. The van der Waals surface area contributed by atoms with Gasteiger partial charge in [0.15, 0.2) is 6.61 Å². The highest BCUT2D eigenvalue weighted by Gasteiger charge is 2.24. The highest BCUT2D eigenvalue weighted by Crippen LogP contribution is 2.21. The van der Waals surface area contributed by atoms with Crippen molar-refractivity contribution in [1.82, 2.24) is 10.2 Å². The fourth-order valence-corrected chi connectivity index (χ4v) is 3.28. The summed E-state index contributed by atoms with van der Waals surface area (Å²) >= 11 is 0. The summed E-state index contributed by atoms with van der Waals surface area (Å²) in [5.74, 6) is -0.0548. The minimum Gasteiger partial charge on any atom is -0.483 e. The molecular formula is C22H25FN2O3. The number of hydrogen-bond acceptors (Lipinski definition) is 3. The van der Waals surface area contributed by atoms with Gasteiger partial charge < -0.3 is 15.0 Å². The Bertz CT molecular complexity index is 861. The van der Waals surface area contributed by atoms with E-state index in [1.54, 1.807) is 11.0 Å². The fourth-order valence-electron chi connectivity index (χ4n) is 3.28. The van der Waals surface area contributed by atoms with Crippen molar-refractivity contribution in [2.45, 2.75) is 32.7 Å².